The highest BCUT2D eigenvalue weighted by molar-refractivity contribution is 7.99. The van der Waals surface area contributed by atoms with Gasteiger partial charge >= 0.3 is 0 Å². The average molecular weight is 405 g/mol. The monoisotopic (exact) mass is 404 g/mol. The van der Waals surface area contributed by atoms with Gasteiger partial charge in [-0.3, -0.25) is 4.79 Å². The number of anilines is 1. The van der Waals surface area contributed by atoms with Gasteiger partial charge in [0.1, 0.15) is 5.82 Å². The van der Waals surface area contributed by atoms with Gasteiger partial charge in [-0.2, -0.15) is 0 Å². The Morgan fingerprint density at radius 2 is 2.12 bits per heavy atom. The first-order chi connectivity index (χ1) is 12.7. The van der Waals surface area contributed by atoms with Crippen molar-refractivity contribution in [3.8, 4) is 0 Å². The lowest BCUT2D eigenvalue weighted by Gasteiger charge is -2.09. The topological polar surface area (TPSA) is 59.8 Å². The Hall–Kier alpha value is -1.83. The third kappa shape index (κ3) is 4.11. The van der Waals surface area contributed by atoms with E-state index in [1.165, 1.54) is 16.6 Å². The quantitative estimate of drug-likeness (QED) is 0.582. The molecule has 1 aromatic carbocycles. The second kappa shape index (κ2) is 7.82. The first kappa shape index (κ1) is 17.6. The van der Waals surface area contributed by atoms with Crippen molar-refractivity contribution in [3.63, 3.8) is 0 Å². The van der Waals surface area contributed by atoms with Gasteiger partial charge in [0.2, 0.25) is 5.91 Å². The van der Waals surface area contributed by atoms with Gasteiger partial charge in [-0.25, -0.2) is 0 Å². The third-order valence-corrected chi connectivity index (χ3v) is 6.19. The molecule has 0 bridgehead atoms. The van der Waals surface area contributed by atoms with Gasteiger partial charge in [0.15, 0.2) is 5.16 Å². The molecule has 2 aromatic heterocycles. The Labute approximate surface area is 164 Å². The molecule has 1 saturated carbocycles. The minimum absolute atomic E-state index is 0.103. The number of nitrogens with zero attached hydrogens (tertiary/aromatic N) is 3. The predicted molar refractivity (Wildman–Crippen MR) is 106 cm³/mol. The molecule has 134 valence electrons. The van der Waals surface area contributed by atoms with Crippen LogP contribution in [0.25, 0.3) is 0 Å². The van der Waals surface area contributed by atoms with Crippen molar-refractivity contribution >= 4 is 46.3 Å². The Morgan fingerprint density at radius 3 is 2.85 bits per heavy atom. The minimum atomic E-state index is -0.103. The van der Waals surface area contributed by atoms with Crippen molar-refractivity contribution in [2.75, 3.05) is 11.1 Å². The van der Waals surface area contributed by atoms with Crippen LogP contribution in [-0.4, -0.2) is 26.4 Å². The highest BCUT2D eigenvalue weighted by Gasteiger charge is 2.30. The molecule has 26 heavy (non-hydrogen) atoms. The molecule has 5 nitrogen and oxygen atoms in total. The van der Waals surface area contributed by atoms with E-state index >= 15 is 0 Å². The highest BCUT2D eigenvalue weighted by atomic mass is 35.5. The molecule has 1 fully saturated rings. The number of carbonyl (C=O) groups is 1. The maximum atomic E-state index is 12.3. The van der Waals surface area contributed by atoms with Crippen molar-refractivity contribution < 1.29 is 4.79 Å². The number of thiophene rings is 1. The van der Waals surface area contributed by atoms with E-state index in [0.717, 1.165) is 30.2 Å². The summed E-state index contributed by atoms with van der Waals surface area (Å²) in [5, 5.41) is 15.0. The summed E-state index contributed by atoms with van der Waals surface area (Å²) in [7, 11) is 0. The van der Waals surface area contributed by atoms with E-state index in [1.807, 2.05) is 18.2 Å². The highest BCUT2D eigenvalue weighted by Crippen LogP contribution is 2.39. The van der Waals surface area contributed by atoms with Crippen LogP contribution in [0.1, 0.15) is 29.6 Å². The number of benzene rings is 1. The SMILES string of the molecule is O=C(CSc1nnc(Cc2cccs2)n1C1CC1)Nc1ccccc1Cl. The summed E-state index contributed by atoms with van der Waals surface area (Å²) < 4.78 is 2.20. The van der Waals surface area contributed by atoms with Crippen LogP contribution in [-0.2, 0) is 11.2 Å². The maximum Gasteiger partial charge on any atom is 0.234 e. The van der Waals surface area contributed by atoms with E-state index < -0.39 is 0 Å². The molecular formula is C18H17ClN4OS2. The van der Waals surface area contributed by atoms with Gasteiger partial charge in [0.25, 0.3) is 0 Å². The smallest absolute Gasteiger partial charge is 0.234 e. The molecule has 3 aromatic rings. The molecule has 0 radical (unpaired) electrons. The molecule has 0 unspecified atom stereocenters. The number of rotatable bonds is 7. The summed E-state index contributed by atoms with van der Waals surface area (Å²) in [4.78, 5) is 13.5. The van der Waals surface area contributed by atoms with Crippen LogP contribution in [0.4, 0.5) is 5.69 Å². The van der Waals surface area contributed by atoms with Crippen molar-refractivity contribution in [1.29, 1.82) is 0 Å². The van der Waals surface area contributed by atoms with Crippen molar-refractivity contribution in [1.82, 2.24) is 14.8 Å². The number of aromatic nitrogens is 3. The van der Waals surface area contributed by atoms with Crippen LogP contribution in [0.2, 0.25) is 5.02 Å². The number of hydrogen-bond donors (Lipinski definition) is 1. The molecule has 0 atom stereocenters. The van der Waals surface area contributed by atoms with Crippen molar-refractivity contribution in [2.45, 2.75) is 30.5 Å². The van der Waals surface area contributed by atoms with Gasteiger partial charge in [-0.15, -0.1) is 21.5 Å². The zero-order valence-corrected chi connectivity index (χ0v) is 16.3. The Bertz CT molecular complexity index is 906. The molecule has 0 saturated heterocycles. The van der Waals surface area contributed by atoms with Gasteiger partial charge in [-0.1, -0.05) is 41.6 Å². The molecule has 0 spiro atoms. The van der Waals surface area contributed by atoms with Crippen LogP contribution in [0.15, 0.2) is 46.9 Å². The first-order valence-electron chi connectivity index (χ1n) is 8.34. The summed E-state index contributed by atoms with van der Waals surface area (Å²) in [5.74, 6) is 1.15. The number of hydrogen-bond acceptors (Lipinski definition) is 5. The maximum absolute atomic E-state index is 12.3. The normalized spacial score (nSPS) is 13.7. The largest absolute Gasteiger partial charge is 0.324 e. The van der Waals surface area contributed by atoms with Crippen LogP contribution >= 0.6 is 34.7 Å². The van der Waals surface area contributed by atoms with E-state index in [2.05, 4.69) is 31.5 Å². The van der Waals surface area contributed by atoms with Crippen molar-refractivity contribution in [2.24, 2.45) is 0 Å². The second-order valence-electron chi connectivity index (χ2n) is 6.07. The number of amides is 1. The summed E-state index contributed by atoms with van der Waals surface area (Å²) >= 11 is 9.23. The fourth-order valence-electron chi connectivity index (χ4n) is 2.67. The Morgan fingerprint density at radius 1 is 1.27 bits per heavy atom. The Kier molecular flexibility index (Phi) is 5.28. The number of nitrogens with one attached hydrogen (secondary N) is 1. The summed E-state index contributed by atoms with van der Waals surface area (Å²) in [6.07, 6.45) is 3.08. The van der Waals surface area contributed by atoms with E-state index in [4.69, 9.17) is 11.6 Å². The number of thioether (sulfide) groups is 1. The predicted octanol–water partition coefficient (Wildman–Crippen LogP) is 4.65. The standard InChI is InChI=1S/C18H17ClN4OS2/c19-14-5-1-2-6-15(14)20-17(24)11-26-18-22-21-16(23(18)12-7-8-12)10-13-4-3-9-25-13/h1-6,9,12H,7-8,10-11H2,(H,20,24). The third-order valence-electron chi connectivity index (χ3n) is 4.04. The summed E-state index contributed by atoms with van der Waals surface area (Å²) in [6.45, 7) is 0. The molecule has 2 heterocycles. The van der Waals surface area contributed by atoms with Gasteiger partial charge in [0.05, 0.1) is 16.5 Å². The second-order valence-corrected chi connectivity index (χ2v) is 8.45. The molecule has 0 aliphatic heterocycles. The van der Waals surface area contributed by atoms with Crippen LogP contribution in [0.3, 0.4) is 0 Å². The zero-order chi connectivity index (χ0) is 17.9. The minimum Gasteiger partial charge on any atom is -0.324 e. The molecule has 1 N–H and O–H groups in total. The van der Waals surface area contributed by atoms with Crippen LogP contribution in [0.5, 0.6) is 0 Å². The summed E-state index contributed by atoms with van der Waals surface area (Å²) in [6, 6.07) is 11.8. The fourth-order valence-corrected chi connectivity index (χ4v) is 4.38. The first-order valence-corrected chi connectivity index (χ1v) is 10.6. The van der Waals surface area contributed by atoms with Crippen molar-refractivity contribution in [3.05, 3.63) is 57.5 Å². The van der Waals surface area contributed by atoms with Crippen LogP contribution < -0.4 is 5.32 Å². The van der Waals surface area contributed by atoms with Gasteiger partial charge in [0, 0.05) is 17.3 Å². The van der Waals surface area contributed by atoms with E-state index in [0.29, 0.717) is 16.8 Å². The lowest BCUT2D eigenvalue weighted by atomic mass is 10.3. The van der Waals surface area contributed by atoms with Gasteiger partial charge < -0.3 is 9.88 Å². The molecule has 1 aliphatic rings. The fraction of sp³-hybridized carbons (Fsp3) is 0.278. The van der Waals surface area contributed by atoms with E-state index in [-0.39, 0.29) is 11.7 Å². The van der Waals surface area contributed by atoms with Crippen LogP contribution in [0, 0.1) is 0 Å². The molecule has 8 heteroatoms. The number of halogens is 1. The van der Waals surface area contributed by atoms with Gasteiger partial charge in [-0.05, 0) is 36.4 Å². The molecule has 1 amide bonds. The molecule has 1 aliphatic carbocycles. The summed E-state index contributed by atoms with van der Waals surface area (Å²) in [5.41, 5.74) is 0.627. The zero-order valence-electron chi connectivity index (χ0n) is 13.9. The van der Waals surface area contributed by atoms with E-state index in [9.17, 15) is 4.79 Å². The van der Waals surface area contributed by atoms with E-state index in [1.54, 1.807) is 23.5 Å². The Balaban J connectivity index is 1.42. The molecular weight excluding hydrogens is 388 g/mol. The number of carbonyl (C=O) groups excluding carboxylic acids is 1. The number of para-hydroxylation sites is 1. The molecule has 4 rings (SSSR count). The lowest BCUT2D eigenvalue weighted by molar-refractivity contribution is -0.113. The average Bonchev–Trinajstić information content (AvgIpc) is 3.18. The lowest BCUT2D eigenvalue weighted by Crippen LogP contribution is -2.15.